The van der Waals surface area contributed by atoms with E-state index in [1.807, 2.05) is 36.6 Å². The summed E-state index contributed by atoms with van der Waals surface area (Å²) in [5.41, 5.74) is 6.00. The van der Waals surface area contributed by atoms with Gasteiger partial charge in [-0.1, -0.05) is 41.6 Å². The van der Waals surface area contributed by atoms with Crippen molar-refractivity contribution in [2.75, 3.05) is 142 Å². The van der Waals surface area contributed by atoms with E-state index in [-0.39, 0.29) is 30.8 Å². The Balaban J connectivity index is 0.508. The number of morpholine rings is 1. The number of benzene rings is 2. The SMILES string of the molecule is Cn1cc(-c2cnc3c(nnn3C[C@@H]3CN(c4ncc(-c5ccc(CN6CCN(C(=O)CCOCCOCCOCCOCCOCCOCCNc7cccc8cnn(C9CCC(=O)NC9=O)c(=O)c78)CC6)cc5)cn4)CCO3)n2)cn1. The van der Waals surface area contributed by atoms with Gasteiger partial charge in [0.25, 0.3) is 11.5 Å². The number of fused-ring (bicyclic) bond motifs is 2. The zero-order chi connectivity index (χ0) is 57.2. The molecule has 3 aliphatic rings. The van der Waals surface area contributed by atoms with Crippen LogP contribution in [-0.4, -0.2) is 220 Å². The van der Waals surface area contributed by atoms with Crippen LogP contribution in [0.25, 0.3) is 44.5 Å². The highest BCUT2D eigenvalue weighted by molar-refractivity contribution is 5.99. The number of nitrogens with one attached hydrogen (secondary N) is 2. The number of piperidine rings is 1. The number of carbonyl (C=O) groups is 3. The van der Waals surface area contributed by atoms with Gasteiger partial charge >= 0.3 is 0 Å². The third-order valence-corrected chi connectivity index (χ3v) is 14.3. The summed E-state index contributed by atoms with van der Waals surface area (Å²) in [6, 6.07) is 13.1. The summed E-state index contributed by atoms with van der Waals surface area (Å²) in [5.74, 6) is -0.135. The zero-order valence-electron chi connectivity index (χ0n) is 46.6. The van der Waals surface area contributed by atoms with Gasteiger partial charge in [0, 0.05) is 107 Å². The fraction of sp³-hybridized carbons (Fsp3) is 0.500. The molecule has 27 nitrogen and oxygen atoms in total. The molecule has 10 rings (SSSR count). The molecule has 2 N–H and O–H groups in total. The summed E-state index contributed by atoms with van der Waals surface area (Å²) in [6.07, 6.45) is 11.2. The van der Waals surface area contributed by atoms with E-state index in [0.29, 0.717) is 171 Å². The summed E-state index contributed by atoms with van der Waals surface area (Å²) < 4.78 is 44.4. The van der Waals surface area contributed by atoms with Gasteiger partial charge in [-0.15, -0.1) is 5.10 Å². The lowest BCUT2D eigenvalue weighted by Gasteiger charge is -2.34. The van der Waals surface area contributed by atoms with Gasteiger partial charge in [0.15, 0.2) is 5.65 Å². The fourth-order valence-corrected chi connectivity index (χ4v) is 9.90. The van der Waals surface area contributed by atoms with Crippen molar-refractivity contribution in [3.8, 4) is 22.4 Å². The fourth-order valence-electron chi connectivity index (χ4n) is 9.90. The standard InChI is InChI=1S/C56H70N16O11/c1-67-37-44(34-61-67)47-35-58-53-52(63-47)65-66-71(53)39-45-38-70(17-20-83-45)56-59-31-43(32-60-56)41-7-5-40(6-8-41)36-68-13-15-69(16-14-68)50(74)11-18-77-21-23-79-25-27-81-29-30-82-28-26-80-24-22-78-19-12-57-46-4-2-3-42-33-62-72(55(76)51(42)46)48-9-10-49(73)64-54(48)75/h2-8,31-35,37,45,48,57H,9-30,36,38-39H2,1H3,(H,64,73,75)/t45-,48?/m0/s1. The summed E-state index contributed by atoms with van der Waals surface area (Å²) in [4.78, 5) is 75.4. The normalized spacial score (nSPS) is 17.0. The van der Waals surface area contributed by atoms with Crippen LogP contribution in [0.2, 0.25) is 0 Å². The molecule has 0 bridgehead atoms. The second-order valence-electron chi connectivity index (χ2n) is 20.1. The van der Waals surface area contributed by atoms with Crippen molar-refractivity contribution in [3.63, 3.8) is 0 Å². The van der Waals surface area contributed by atoms with Crippen molar-refractivity contribution in [1.82, 2.24) is 69.6 Å². The average molecular weight is 1140 g/mol. The molecule has 0 spiro atoms. The largest absolute Gasteiger partial charge is 0.382 e. The third kappa shape index (κ3) is 16.1. The molecule has 1 unspecified atom stereocenters. The average Bonchev–Trinajstić information content (AvgIpc) is 4.33. The first-order valence-electron chi connectivity index (χ1n) is 28.1. The maximum absolute atomic E-state index is 13.4. The number of imide groups is 1. The summed E-state index contributed by atoms with van der Waals surface area (Å²) in [6.45, 7) is 11.4. The number of amides is 3. The quantitative estimate of drug-likeness (QED) is 0.0480. The van der Waals surface area contributed by atoms with Crippen LogP contribution >= 0.6 is 0 Å². The summed E-state index contributed by atoms with van der Waals surface area (Å²) in [5, 5.41) is 23.6. The molecule has 0 saturated carbocycles. The highest BCUT2D eigenvalue weighted by Crippen LogP contribution is 2.25. The van der Waals surface area contributed by atoms with Crippen LogP contribution in [0, 0.1) is 0 Å². The summed E-state index contributed by atoms with van der Waals surface area (Å²) in [7, 11) is 1.86. The molecule has 0 radical (unpaired) electrons. The zero-order valence-corrected chi connectivity index (χ0v) is 46.6. The highest BCUT2D eigenvalue weighted by atomic mass is 16.6. The minimum atomic E-state index is -0.837. The van der Waals surface area contributed by atoms with Crippen LogP contribution in [0.1, 0.15) is 30.9 Å². The minimum Gasteiger partial charge on any atom is -0.382 e. The Morgan fingerprint density at radius 2 is 1.43 bits per heavy atom. The molecule has 3 amide bonds. The number of rotatable bonds is 30. The predicted octanol–water partition coefficient (Wildman–Crippen LogP) is 1.92. The molecular formula is C56H70N16O11. The molecule has 2 aromatic carbocycles. The number of anilines is 2. The maximum atomic E-state index is 13.4. The predicted molar refractivity (Wildman–Crippen MR) is 302 cm³/mol. The molecular weight excluding hydrogens is 1070 g/mol. The number of hydrogen-bond acceptors (Lipinski definition) is 22. The highest BCUT2D eigenvalue weighted by Gasteiger charge is 2.31. The van der Waals surface area contributed by atoms with Crippen molar-refractivity contribution in [2.24, 2.45) is 7.05 Å². The second kappa shape index (κ2) is 29.5. The minimum absolute atomic E-state index is 0.101. The van der Waals surface area contributed by atoms with Gasteiger partial charge in [-0.3, -0.25) is 34.1 Å². The number of hydrogen-bond donors (Lipinski definition) is 2. The summed E-state index contributed by atoms with van der Waals surface area (Å²) >= 11 is 0. The van der Waals surface area contributed by atoms with E-state index in [4.69, 9.17) is 43.1 Å². The van der Waals surface area contributed by atoms with E-state index < -0.39 is 17.5 Å². The van der Waals surface area contributed by atoms with E-state index in [0.717, 1.165) is 41.0 Å². The number of piperazine rings is 1. The van der Waals surface area contributed by atoms with Gasteiger partial charge in [-0.25, -0.2) is 29.3 Å². The number of carbonyl (C=O) groups excluding carboxylic acids is 3. The lowest BCUT2D eigenvalue weighted by atomic mass is 10.1. The van der Waals surface area contributed by atoms with Gasteiger partial charge in [0.2, 0.25) is 23.4 Å². The van der Waals surface area contributed by atoms with E-state index in [1.54, 1.807) is 40.1 Å². The molecule has 440 valence electrons. The molecule has 3 saturated heterocycles. The lowest BCUT2D eigenvalue weighted by molar-refractivity contribution is -0.136. The van der Waals surface area contributed by atoms with Crippen molar-refractivity contribution in [3.05, 3.63) is 95.6 Å². The first-order valence-corrected chi connectivity index (χ1v) is 28.1. The third-order valence-electron chi connectivity index (χ3n) is 14.3. The maximum Gasteiger partial charge on any atom is 0.277 e. The van der Waals surface area contributed by atoms with Gasteiger partial charge < -0.3 is 48.3 Å². The first kappa shape index (κ1) is 58.4. The van der Waals surface area contributed by atoms with Crippen molar-refractivity contribution >= 4 is 51.4 Å². The second-order valence-corrected chi connectivity index (χ2v) is 20.1. The molecule has 7 aromatic rings. The number of ether oxygens (including phenoxy) is 7. The van der Waals surface area contributed by atoms with E-state index in [1.165, 1.54) is 5.56 Å². The van der Waals surface area contributed by atoms with Crippen LogP contribution in [0.5, 0.6) is 0 Å². The van der Waals surface area contributed by atoms with Crippen molar-refractivity contribution < 1.29 is 47.5 Å². The van der Waals surface area contributed by atoms with E-state index >= 15 is 0 Å². The van der Waals surface area contributed by atoms with Crippen LogP contribution < -0.4 is 21.1 Å². The van der Waals surface area contributed by atoms with Crippen LogP contribution in [0.15, 0.2) is 84.4 Å². The number of nitrogens with zero attached hydrogens (tertiary/aromatic N) is 14. The molecule has 3 fully saturated rings. The van der Waals surface area contributed by atoms with Gasteiger partial charge in [0.05, 0.1) is 135 Å². The molecule has 83 heavy (non-hydrogen) atoms. The Labute approximate surface area is 478 Å². The Kier molecular flexibility index (Phi) is 20.8. The lowest BCUT2D eigenvalue weighted by Crippen LogP contribution is -2.48. The van der Waals surface area contributed by atoms with Gasteiger partial charge in [-0.05, 0) is 23.6 Å². The molecule has 3 aliphatic heterocycles. The monoisotopic (exact) mass is 1140 g/mol. The van der Waals surface area contributed by atoms with Crippen LogP contribution in [-0.2, 0) is 67.7 Å². The Hall–Kier alpha value is -7.76. The van der Waals surface area contributed by atoms with Crippen LogP contribution in [0.3, 0.4) is 0 Å². The Morgan fingerprint density at radius 1 is 0.735 bits per heavy atom. The first-order chi connectivity index (χ1) is 40.7. The topological polar surface area (TPSA) is 285 Å². The molecule has 8 heterocycles. The smallest absolute Gasteiger partial charge is 0.277 e. The molecule has 27 heteroatoms. The molecule has 0 aliphatic carbocycles. The van der Waals surface area contributed by atoms with Gasteiger partial charge in [-0.2, -0.15) is 10.2 Å². The van der Waals surface area contributed by atoms with Crippen molar-refractivity contribution in [1.29, 1.82) is 0 Å². The van der Waals surface area contributed by atoms with Crippen LogP contribution in [0.4, 0.5) is 11.6 Å². The number of aryl methyl sites for hydroxylation is 1. The molecule has 5 aromatic heterocycles. The Morgan fingerprint density at radius 3 is 2.12 bits per heavy atom. The number of aromatic nitrogens is 11. The Bertz CT molecular complexity index is 3300. The van der Waals surface area contributed by atoms with E-state index in [9.17, 15) is 19.2 Å². The van der Waals surface area contributed by atoms with Gasteiger partial charge in [0.1, 0.15) is 6.04 Å². The van der Waals surface area contributed by atoms with E-state index in [2.05, 4.69) is 75.2 Å². The molecule has 2 atom stereocenters. The van der Waals surface area contributed by atoms with Crippen molar-refractivity contribution in [2.45, 2.75) is 44.5 Å².